The van der Waals surface area contributed by atoms with Gasteiger partial charge in [-0.3, -0.25) is 9.59 Å². The minimum absolute atomic E-state index is 0.0710. The van der Waals surface area contributed by atoms with Crippen LogP contribution in [0, 0.1) is 6.92 Å². The quantitative estimate of drug-likeness (QED) is 0.712. The van der Waals surface area contributed by atoms with Crippen LogP contribution in [0.15, 0.2) is 18.2 Å². The average Bonchev–Trinajstić information content (AvgIpc) is 2.48. The summed E-state index contributed by atoms with van der Waals surface area (Å²) in [5, 5.41) is 5.58. The minimum Gasteiger partial charge on any atom is -0.385 e. The molecule has 116 valence electrons. The lowest BCUT2D eigenvalue weighted by Crippen LogP contribution is -2.36. The summed E-state index contributed by atoms with van der Waals surface area (Å²) in [4.78, 5) is 23.4. The van der Waals surface area contributed by atoms with Crippen LogP contribution in [-0.4, -0.2) is 31.6 Å². The van der Waals surface area contributed by atoms with Crippen LogP contribution in [-0.2, 0) is 14.3 Å². The number of carbonyl (C=O) groups is 2. The second kappa shape index (κ2) is 8.39. The molecular weight excluding hydrogens is 270 g/mol. The lowest BCUT2D eigenvalue weighted by molar-refractivity contribution is -0.118. The van der Waals surface area contributed by atoms with E-state index < -0.39 is 6.04 Å². The second-order valence-corrected chi connectivity index (χ2v) is 4.76. The molecule has 0 bridgehead atoms. The smallest absolute Gasteiger partial charge is 0.241 e. The molecule has 1 aromatic rings. The van der Waals surface area contributed by atoms with E-state index in [1.54, 1.807) is 32.2 Å². The van der Waals surface area contributed by atoms with E-state index >= 15 is 0 Å². The number of anilines is 2. The summed E-state index contributed by atoms with van der Waals surface area (Å²) >= 11 is 0. The highest BCUT2D eigenvalue weighted by Crippen LogP contribution is 2.23. The van der Waals surface area contributed by atoms with E-state index in [1.807, 2.05) is 6.92 Å². The van der Waals surface area contributed by atoms with Crippen LogP contribution in [0.1, 0.15) is 25.3 Å². The van der Waals surface area contributed by atoms with Crippen molar-refractivity contribution in [3.63, 3.8) is 0 Å². The SMILES string of the molecule is CCC(=O)Nc1cccc(NC(=O)C(N)CCOC)c1C. The van der Waals surface area contributed by atoms with Crippen LogP contribution in [0.4, 0.5) is 11.4 Å². The van der Waals surface area contributed by atoms with Crippen LogP contribution < -0.4 is 16.4 Å². The summed E-state index contributed by atoms with van der Waals surface area (Å²) in [6, 6.07) is 4.72. The molecule has 6 nitrogen and oxygen atoms in total. The molecule has 0 saturated heterocycles. The van der Waals surface area contributed by atoms with E-state index in [9.17, 15) is 9.59 Å². The van der Waals surface area contributed by atoms with Gasteiger partial charge in [-0.2, -0.15) is 0 Å². The van der Waals surface area contributed by atoms with Gasteiger partial charge in [-0.15, -0.1) is 0 Å². The maximum Gasteiger partial charge on any atom is 0.241 e. The van der Waals surface area contributed by atoms with Gasteiger partial charge in [0.1, 0.15) is 0 Å². The van der Waals surface area contributed by atoms with Crippen LogP contribution >= 0.6 is 0 Å². The molecule has 0 aromatic heterocycles. The van der Waals surface area contributed by atoms with E-state index in [2.05, 4.69) is 10.6 Å². The number of hydrogen-bond acceptors (Lipinski definition) is 4. The zero-order valence-electron chi connectivity index (χ0n) is 12.7. The molecule has 0 aliphatic heterocycles. The third-order valence-electron chi connectivity index (χ3n) is 3.16. The number of hydrogen-bond donors (Lipinski definition) is 3. The summed E-state index contributed by atoms with van der Waals surface area (Å²) in [6.45, 7) is 4.05. The van der Waals surface area contributed by atoms with Crippen LogP contribution in [0.3, 0.4) is 0 Å². The standard InChI is InChI=1S/C15H23N3O3/c1-4-14(19)17-12-6-5-7-13(10(12)2)18-15(20)11(16)8-9-21-3/h5-7,11H,4,8-9,16H2,1-3H3,(H,17,19)(H,18,20). The Labute approximate surface area is 125 Å². The van der Waals surface area contributed by atoms with Gasteiger partial charge in [0.25, 0.3) is 0 Å². The molecular formula is C15H23N3O3. The van der Waals surface area contributed by atoms with Gasteiger partial charge in [-0.05, 0) is 31.0 Å². The number of benzene rings is 1. The van der Waals surface area contributed by atoms with Crippen LogP contribution in [0.2, 0.25) is 0 Å². The van der Waals surface area contributed by atoms with Crippen molar-refractivity contribution in [3.05, 3.63) is 23.8 Å². The van der Waals surface area contributed by atoms with Gasteiger partial charge < -0.3 is 21.1 Å². The second-order valence-electron chi connectivity index (χ2n) is 4.76. The Balaban J connectivity index is 2.77. The zero-order chi connectivity index (χ0) is 15.8. The summed E-state index contributed by atoms with van der Waals surface area (Å²) in [5.74, 6) is -0.340. The molecule has 0 aliphatic rings. The molecule has 1 atom stereocenters. The van der Waals surface area contributed by atoms with E-state index in [4.69, 9.17) is 10.5 Å². The Hall–Kier alpha value is -1.92. The van der Waals surface area contributed by atoms with Gasteiger partial charge in [-0.1, -0.05) is 13.0 Å². The minimum atomic E-state index is -0.627. The molecule has 0 saturated carbocycles. The summed E-state index contributed by atoms with van der Waals surface area (Å²) < 4.78 is 4.90. The van der Waals surface area contributed by atoms with Crippen molar-refractivity contribution in [1.82, 2.24) is 0 Å². The molecule has 0 aliphatic carbocycles. The molecule has 6 heteroatoms. The van der Waals surface area contributed by atoms with Gasteiger partial charge in [-0.25, -0.2) is 0 Å². The monoisotopic (exact) mass is 293 g/mol. The highest BCUT2D eigenvalue weighted by Gasteiger charge is 2.15. The molecule has 2 amide bonds. The first-order valence-electron chi connectivity index (χ1n) is 6.94. The average molecular weight is 293 g/mol. The molecule has 4 N–H and O–H groups in total. The van der Waals surface area contributed by atoms with Gasteiger partial charge in [0, 0.05) is 31.5 Å². The Morgan fingerprint density at radius 3 is 2.48 bits per heavy atom. The largest absolute Gasteiger partial charge is 0.385 e. The van der Waals surface area contributed by atoms with E-state index in [-0.39, 0.29) is 11.8 Å². The van der Waals surface area contributed by atoms with Crippen LogP contribution in [0.25, 0.3) is 0 Å². The summed E-state index contributed by atoms with van der Waals surface area (Å²) in [7, 11) is 1.56. The zero-order valence-corrected chi connectivity index (χ0v) is 12.7. The maximum atomic E-state index is 12.0. The lowest BCUT2D eigenvalue weighted by Gasteiger charge is -2.15. The molecule has 21 heavy (non-hydrogen) atoms. The number of ether oxygens (including phenoxy) is 1. The van der Waals surface area contributed by atoms with Crippen molar-refractivity contribution in [1.29, 1.82) is 0 Å². The summed E-state index contributed by atoms with van der Waals surface area (Å²) in [5.41, 5.74) is 7.90. The molecule has 1 unspecified atom stereocenters. The Kier molecular flexibility index (Phi) is 6.84. The summed E-state index contributed by atoms with van der Waals surface area (Å²) in [6.07, 6.45) is 0.853. The Morgan fingerprint density at radius 2 is 1.90 bits per heavy atom. The Bertz CT molecular complexity index is 503. The van der Waals surface area contributed by atoms with Gasteiger partial charge >= 0.3 is 0 Å². The molecule has 1 aromatic carbocycles. The van der Waals surface area contributed by atoms with E-state index in [0.29, 0.717) is 30.8 Å². The number of nitrogens with one attached hydrogen (secondary N) is 2. The van der Waals surface area contributed by atoms with Crippen molar-refractivity contribution in [2.24, 2.45) is 5.73 Å². The first-order chi connectivity index (χ1) is 9.99. The normalized spacial score (nSPS) is 11.8. The topological polar surface area (TPSA) is 93.5 Å². The fraction of sp³-hybridized carbons (Fsp3) is 0.467. The third-order valence-corrected chi connectivity index (χ3v) is 3.16. The van der Waals surface area contributed by atoms with E-state index in [0.717, 1.165) is 5.56 Å². The molecule has 0 heterocycles. The number of amides is 2. The van der Waals surface area contributed by atoms with Crippen molar-refractivity contribution < 1.29 is 14.3 Å². The fourth-order valence-electron chi connectivity index (χ4n) is 1.75. The molecule has 0 fully saturated rings. The van der Waals surface area contributed by atoms with Gasteiger partial charge in [0.15, 0.2) is 0 Å². The highest BCUT2D eigenvalue weighted by atomic mass is 16.5. The molecule has 1 rings (SSSR count). The first kappa shape index (κ1) is 17.1. The van der Waals surface area contributed by atoms with Crippen molar-refractivity contribution in [3.8, 4) is 0 Å². The number of rotatable bonds is 7. The lowest BCUT2D eigenvalue weighted by atomic mass is 10.1. The van der Waals surface area contributed by atoms with Crippen molar-refractivity contribution in [2.45, 2.75) is 32.7 Å². The number of carbonyl (C=O) groups excluding carboxylic acids is 2. The number of methoxy groups -OCH3 is 1. The predicted octanol–water partition coefficient (Wildman–Crippen LogP) is 1.65. The third kappa shape index (κ3) is 5.17. The fourth-order valence-corrected chi connectivity index (χ4v) is 1.75. The van der Waals surface area contributed by atoms with E-state index in [1.165, 1.54) is 0 Å². The Morgan fingerprint density at radius 1 is 1.29 bits per heavy atom. The van der Waals surface area contributed by atoms with Crippen LogP contribution in [0.5, 0.6) is 0 Å². The van der Waals surface area contributed by atoms with Crippen molar-refractivity contribution >= 4 is 23.2 Å². The maximum absolute atomic E-state index is 12.0. The number of nitrogens with two attached hydrogens (primary N) is 1. The van der Waals surface area contributed by atoms with Crippen molar-refractivity contribution in [2.75, 3.05) is 24.4 Å². The predicted molar refractivity (Wildman–Crippen MR) is 83.2 cm³/mol. The molecule has 0 radical (unpaired) electrons. The first-order valence-corrected chi connectivity index (χ1v) is 6.94. The molecule has 0 spiro atoms. The van der Waals surface area contributed by atoms with Gasteiger partial charge in [0.2, 0.25) is 11.8 Å². The van der Waals surface area contributed by atoms with Gasteiger partial charge in [0.05, 0.1) is 6.04 Å². The highest BCUT2D eigenvalue weighted by molar-refractivity contribution is 5.97.